The van der Waals surface area contributed by atoms with Crippen molar-refractivity contribution in [1.29, 1.82) is 0 Å². The third kappa shape index (κ3) is 4.49. The molecule has 3 rings (SSSR count). The number of hydrogen-bond acceptors (Lipinski definition) is 5. The van der Waals surface area contributed by atoms with Crippen LogP contribution in [0, 0.1) is 10.1 Å². The molecule has 0 N–H and O–H groups in total. The van der Waals surface area contributed by atoms with E-state index in [1.54, 1.807) is 0 Å². The van der Waals surface area contributed by atoms with Crippen LogP contribution >= 0.6 is 34.8 Å². The van der Waals surface area contributed by atoms with Gasteiger partial charge in [-0.25, -0.2) is 8.42 Å². The number of amides is 1. The standard InChI is InChI=1S/C17H14Cl3N3O5S/c18-12-2-4-14(20)16(10-12)29(27,28)22-7-5-21(6-8-22)17(24)11-1-3-13(19)15(9-11)23(25)26/h1-4,9-10H,5-8H2. The van der Waals surface area contributed by atoms with Crippen LogP contribution in [0.15, 0.2) is 41.3 Å². The predicted octanol–water partition coefficient (Wildman–Crippen LogP) is 3.70. The number of halogens is 3. The number of carbonyl (C=O) groups is 1. The van der Waals surface area contributed by atoms with Crippen molar-refractivity contribution in [3.8, 4) is 0 Å². The van der Waals surface area contributed by atoms with E-state index in [1.165, 1.54) is 39.5 Å². The molecule has 0 aromatic heterocycles. The lowest BCUT2D eigenvalue weighted by Crippen LogP contribution is -2.50. The Kier molecular flexibility index (Phi) is 6.35. The molecule has 1 fully saturated rings. The Morgan fingerprint density at radius 2 is 1.59 bits per heavy atom. The van der Waals surface area contributed by atoms with Gasteiger partial charge in [0, 0.05) is 42.8 Å². The normalized spacial score (nSPS) is 15.3. The fourth-order valence-electron chi connectivity index (χ4n) is 2.91. The van der Waals surface area contributed by atoms with E-state index in [-0.39, 0.29) is 57.4 Å². The summed E-state index contributed by atoms with van der Waals surface area (Å²) < 4.78 is 26.9. The molecule has 2 aromatic carbocycles. The van der Waals surface area contributed by atoms with Crippen LogP contribution in [-0.4, -0.2) is 54.6 Å². The fourth-order valence-corrected chi connectivity index (χ4v) is 5.26. The van der Waals surface area contributed by atoms with Gasteiger partial charge in [0.2, 0.25) is 10.0 Å². The third-order valence-electron chi connectivity index (χ3n) is 4.43. The van der Waals surface area contributed by atoms with Crippen LogP contribution in [0.2, 0.25) is 15.1 Å². The van der Waals surface area contributed by atoms with Gasteiger partial charge < -0.3 is 4.90 Å². The molecule has 0 aliphatic carbocycles. The van der Waals surface area contributed by atoms with E-state index in [0.29, 0.717) is 0 Å². The Bertz CT molecular complexity index is 1090. The number of benzene rings is 2. The molecule has 2 aromatic rings. The van der Waals surface area contributed by atoms with Crippen LogP contribution in [0.1, 0.15) is 10.4 Å². The Morgan fingerprint density at radius 1 is 0.966 bits per heavy atom. The lowest BCUT2D eigenvalue weighted by atomic mass is 10.1. The number of hydrogen-bond donors (Lipinski definition) is 0. The second kappa shape index (κ2) is 8.45. The van der Waals surface area contributed by atoms with Crippen LogP contribution in [-0.2, 0) is 10.0 Å². The molecule has 0 unspecified atom stereocenters. The highest BCUT2D eigenvalue weighted by Gasteiger charge is 2.32. The summed E-state index contributed by atoms with van der Waals surface area (Å²) in [5.41, 5.74) is -0.260. The smallest absolute Gasteiger partial charge is 0.288 e. The maximum atomic E-state index is 12.9. The molecule has 0 saturated carbocycles. The summed E-state index contributed by atoms with van der Waals surface area (Å²) in [6, 6.07) is 7.97. The molecule has 0 bridgehead atoms. The summed E-state index contributed by atoms with van der Waals surface area (Å²) in [4.78, 5) is 24.3. The molecule has 1 aliphatic heterocycles. The minimum absolute atomic E-state index is 0.0482. The number of carbonyl (C=O) groups excluding carboxylic acids is 1. The highest BCUT2D eigenvalue weighted by Crippen LogP contribution is 2.29. The summed E-state index contributed by atoms with van der Waals surface area (Å²) in [6.07, 6.45) is 0. The maximum Gasteiger partial charge on any atom is 0.288 e. The highest BCUT2D eigenvalue weighted by atomic mass is 35.5. The topological polar surface area (TPSA) is 101 Å². The summed E-state index contributed by atoms with van der Waals surface area (Å²) in [5, 5.41) is 11.2. The monoisotopic (exact) mass is 477 g/mol. The van der Waals surface area contributed by atoms with Crippen LogP contribution in [0.4, 0.5) is 5.69 Å². The van der Waals surface area contributed by atoms with Gasteiger partial charge in [-0.05, 0) is 30.3 Å². The van der Waals surface area contributed by atoms with E-state index < -0.39 is 20.9 Å². The average molecular weight is 479 g/mol. The summed E-state index contributed by atoms with van der Waals surface area (Å²) in [5.74, 6) is -0.442. The van der Waals surface area contributed by atoms with Crippen LogP contribution in [0.5, 0.6) is 0 Å². The molecule has 0 spiro atoms. The molecule has 1 heterocycles. The molecule has 12 heteroatoms. The number of rotatable bonds is 4. The molecule has 29 heavy (non-hydrogen) atoms. The zero-order chi connectivity index (χ0) is 21.3. The van der Waals surface area contributed by atoms with Crippen LogP contribution in [0.3, 0.4) is 0 Å². The molecule has 0 atom stereocenters. The molecular formula is C17H14Cl3N3O5S. The van der Waals surface area contributed by atoms with Crippen molar-refractivity contribution in [2.75, 3.05) is 26.2 Å². The van der Waals surface area contributed by atoms with Crippen LogP contribution < -0.4 is 0 Å². The van der Waals surface area contributed by atoms with E-state index in [0.717, 1.165) is 6.07 Å². The first-order valence-electron chi connectivity index (χ1n) is 8.29. The van der Waals surface area contributed by atoms with Gasteiger partial charge in [-0.3, -0.25) is 14.9 Å². The van der Waals surface area contributed by atoms with Crippen molar-refractivity contribution >= 4 is 56.4 Å². The third-order valence-corrected chi connectivity index (χ3v) is 7.36. The average Bonchev–Trinajstić information content (AvgIpc) is 2.69. The van der Waals surface area contributed by atoms with Gasteiger partial charge in [-0.2, -0.15) is 4.31 Å². The second-order valence-electron chi connectivity index (χ2n) is 6.19. The van der Waals surface area contributed by atoms with Crippen molar-refractivity contribution in [1.82, 2.24) is 9.21 Å². The van der Waals surface area contributed by atoms with Crippen molar-refractivity contribution in [3.05, 3.63) is 67.1 Å². The van der Waals surface area contributed by atoms with E-state index in [9.17, 15) is 23.3 Å². The van der Waals surface area contributed by atoms with Crippen molar-refractivity contribution in [2.24, 2.45) is 0 Å². The molecule has 1 saturated heterocycles. The van der Waals surface area contributed by atoms with Crippen molar-refractivity contribution < 1.29 is 18.1 Å². The van der Waals surface area contributed by atoms with Gasteiger partial charge in [0.1, 0.15) is 9.92 Å². The van der Waals surface area contributed by atoms with Gasteiger partial charge in [-0.1, -0.05) is 34.8 Å². The number of sulfonamides is 1. The zero-order valence-corrected chi connectivity index (χ0v) is 17.8. The first-order valence-corrected chi connectivity index (χ1v) is 10.9. The first-order chi connectivity index (χ1) is 13.6. The quantitative estimate of drug-likeness (QED) is 0.492. The number of nitro groups is 1. The van der Waals surface area contributed by atoms with Crippen molar-refractivity contribution in [2.45, 2.75) is 4.90 Å². The first kappa shape index (κ1) is 21.8. The fraction of sp³-hybridized carbons (Fsp3) is 0.235. The van der Waals surface area contributed by atoms with Crippen LogP contribution in [0.25, 0.3) is 0 Å². The van der Waals surface area contributed by atoms with E-state index in [1.807, 2.05) is 0 Å². The highest BCUT2D eigenvalue weighted by molar-refractivity contribution is 7.89. The molecule has 0 radical (unpaired) electrons. The Hall–Kier alpha value is -1.91. The van der Waals surface area contributed by atoms with Gasteiger partial charge in [0.25, 0.3) is 11.6 Å². The van der Waals surface area contributed by atoms with Crippen molar-refractivity contribution in [3.63, 3.8) is 0 Å². The van der Waals surface area contributed by atoms with Gasteiger partial charge >= 0.3 is 0 Å². The lowest BCUT2D eigenvalue weighted by molar-refractivity contribution is -0.384. The summed E-state index contributed by atoms with van der Waals surface area (Å²) in [7, 11) is -3.88. The van der Waals surface area contributed by atoms with Gasteiger partial charge in [-0.15, -0.1) is 0 Å². The number of piperazine rings is 1. The van der Waals surface area contributed by atoms with Gasteiger partial charge in [0.05, 0.1) is 9.95 Å². The maximum absolute atomic E-state index is 12.9. The zero-order valence-electron chi connectivity index (χ0n) is 14.7. The SMILES string of the molecule is O=C(c1ccc(Cl)c([N+](=O)[O-])c1)N1CCN(S(=O)(=O)c2cc(Cl)ccc2Cl)CC1. The lowest BCUT2D eigenvalue weighted by Gasteiger charge is -2.34. The van der Waals surface area contributed by atoms with E-state index >= 15 is 0 Å². The van der Waals surface area contributed by atoms with Gasteiger partial charge in [0.15, 0.2) is 0 Å². The summed E-state index contributed by atoms with van der Waals surface area (Å²) >= 11 is 17.7. The number of nitro benzene ring substituents is 1. The minimum Gasteiger partial charge on any atom is -0.336 e. The predicted molar refractivity (Wildman–Crippen MR) is 109 cm³/mol. The Balaban J connectivity index is 1.75. The van der Waals surface area contributed by atoms with E-state index in [4.69, 9.17) is 34.8 Å². The summed E-state index contributed by atoms with van der Waals surface area (Å²) in [6.45, 7) is 0.332. The molecular weight excluding hydrogens is 465 g/mol. The second-order valence-corrected chi connectivity index (χ2v) is 9.35. The molecule has 1 amide bonds. The number of nitrogens with zero attached hydrogens (tertiary/aromatic N) is 3. The van der Waals surface area contributed by atoms with E-state index in [2.05, 4.69) is 0 Å². The molecule has 154 valence electrons. The minimum atomic E-state index is -3.88. The Labute approximate surface area is 181 Å². The Morgan fingerprint density at radius 3 is 2.21 bits per heavy atom. The largest absolute Gasteiger partial charge is 0.336 e. The molecule has 1 aliphatic rings. The molecule has 8 nitrogen and oxygen atoms in total.